The van der Waals surface area contributed by atoms with E-state index in [-0.39, 0.29) is 12.5 Å². The Bertz CT molecular complexity index is 853. The van der Waals surface area contributed by atoms with Gasteiger partial charge in [0.25, 0.3) is 11.8 Å². The van der Waals surface area contributed by atoms with Crippen LogP contribution in [0.2, 0.25) is 0 Å². The monoisotopic (exact) mass is 447 g/mol. The molecule has 0 atom stereocenters. The van der Waals surface area contributed by atoms with E-state index >= 15 is 0 Å². The highest BCUT2D eigenvalue weighted by molar-refractivity contribution is 9.10. The zero-order valence-corrected chi connectivity index (χ0v) is 17.3. The molecule has 3 amide bonds. The Balaban J connectivity index is 1.80. The molecule has 2 aromatic rings. The second-order valence-electron chi connectivity index (χ2n) is 5.89. The topological polar surface area (TPSA) is 96.5 Å². The first-order chi connectivity index (χ1) is 13.4. The van der Waals surface area contributed by atoms with Gasteiger partial charge in [-0.2, -0.15) is 0 Å². The molecule has 0 heterocycles. The lowest BCUT2D eigenvalue weighted by molar-refractivity contribution is -0.123. The van der Waals surface area contributed by atoms with E-state index in [0.717, 1.165) is 16.5 Å². The summed E-state index contributed by atoms with van der Waals surface area (Å²) in [7, 11) is 0. The number of aryl methyl sites for hydroxylation is 1. The van der Waals surface area contributed by atoms with Crippen LogP contribution in [0.4, 0.5) is 5.69 Å². The fourth-order valence-electron chi connectivity index (χ4n) is 2.21. The Morgan fingerprint density at radius 3 is 2.29 bits per heavy atom. The average molecular weight is 448 g/mol. The molecule has 0 aliphatic carbocycles. The maximum absolute atomic E-state index is 12.1. The van der Waals surface area contributed by atoms with Crippen LogP contribution in [-0.4, -0.2) is 24.3 Å². The molecule has 0 saturated heterocycles. The van der Waals surface area contributed by atoms with Gasteiger partial charge in [0.15, 0.2) is 6.61 Å². The molecule has 2 aromatic carbocycles. The molecule has 0 aliphatic heterocycles. The van der Waals surface area contributed by atoms with Gasteiger partial charge in [0.2, 0.25) is 5.91 Å². The minimum Gasteiger partial charge on any atom is -0.483 e. The van der Waals surface area contributed by atoms with Crippen LogP contribution in [0.3, 0.4) is 0 Å². The van der Waals surface area contributed by atoms with Gasteiger partial charge in [0, 0.05) is 17.7 Å². The summed E-state index contributed by atoms with van der Waals surface area (Å²) in [6.07, 6.45) is 1.27. The number of hydrogen-bond acceptors (Lipinski definition) is 4. The summed E-state index contributed by atoms with van der Waals surface area (Å²) < 4.78 is 6.21. The van der Waals surface area contributed by atoms with Gasteiger partial charge < -0.3 is 10.1 Å². The van der Waals surface area contributed by atoms with Crippen LogP contribution in [0.15, 0.2) is 46.9 Å². The highest BCUT2D eigenvalue weighted by Crippen LogP contribution is 2.26. The van der Waals surface area contributed by atoms with Gasteiger partial charge in [0.1, 0.15) is 5.75 Å². The van der Waals surface area contributed by atoms with Gasteiger partial charge in [-0.05, 0) is 64.3 Å². The number of ether oxygens (including phenoxy) is 1. The van der Waals surface area contributed by atoms with Crippen LogP contribution in [0.1, 0.15) is 36.2 Å². The molecule has 8 heteroatoms. The van der Waals surface area contributed by atoms with Crippen molar-refractivity contribution in [2.24, 2.45) is 0 Å². The highest BCUT2D eigenvalue weighted by Gasteiger charge is 2.10. The van der Waals surface area contributed by atoms with Gasteiger partial charge in [-0.15, -0.1) is 0 Å². The van der Waals surface area contributed by atoms with Crippen LogP contribution >= 0.6 is 15.9 Å². The maximum Gasteiger partial charge on any atom is 0.276 e. The molecule has 148 valence electrons. The Labute approximate surface area is 171 Å². The molecule has 3 N–H and O–H groups in total. The third-order valence-corrected chi connectivity index (χ3v) is 4.45. The number of benzene rings is 2. The van der Waals surface area contributed by atoms with E-state index in [2.05, 4.69) is 32.1 Å². The van der Waals surface area contributed by atoms with E-state index in [1.54, 1.807) is 37.3 Å². The summed E-state index contributed by atoms with van der Waals surface area (Å²) in [5.74, 6) is -0.536. The first kappa shape index (κ1) is 21.4. The smallest absolute Gasteiger partial charge is 0.276 e. The third kappa shape index (κ3) is 6.38. The largest absolute Gasteiger partial charge is 0.483 e. The van der Waals surface area contributed by atoms with Crippen molar-refractivity contribution in [3.8, 4) is 5.75 Å². The number of amides is 3. The first-order valence-corrected chi connectivity index (χ1v) is 9.62. The Kier molecular flexibility index (Phi) is 8.01. The predicted molar refractivity (Wildman–Crippen MR) is 110 cm³/mol. The number of rotatable bonds is 7. The van der Waals surface area contributed by atoms with E-state index in [9.17, 15) is 14.4 Å². The van der Waals surface area contributed by atoms with Crippen molar-refractivity contribution in [1.29, 1.82) is 0 Å². The zero-order chi connectivity index (χ0) is 20.5. The maximum atomic E-state index is 12.1. The fraction of sp³-hybridized carbons (Fsp3) is 0.250. The molecular weight excluding hydrogens is 426 g/mol. The molecule has 0 aliphatic rings. The van der Waals surface area contributed by atoms with Crippen molar-refractivity contribution in [3.63, 3.8) is 0 Å². The van der Waals surface area contributed by atoms with E-state index in [1.165, 1.54) is 0 Å². The number of carbonyl (C=O) groups is 3. The van der Waals surface area contributed by atoms with E-state index in [4.69, 9.17) is 4.74 Å². The van der Waals surface area contributed by atoms with Crippen molar-refractivity contribution < 1.29 is 19.1 Å². The molecule has 0 bridgehead atoms. The van der Waals surface area contributed by atoms with Crippen molar-refractivity contribution in [2.75, 3.05) is 11.9 Å². The molecule has 2 rings (SSSR count). The zero-order valence-electron chi connectivity index (χ0n) is 15.7. The standard InChI is InChI=1S/C20H22BrN3O4/c1-3-13-5-10-17(16(21)11-13)28-12-19(26)23-24-20(27)14-6-8-15(9-7-14)22-18(25)4-2/h5-11H,3-4,12H2,1-2H3,(H,22,25)(H,23,26)(H,24,27). The minimum atomic E-state index is -0.494. The molecule has 0 spiro atoms. The van der Waals surface area contributed by atoms with E-state index in [1.807, 2.05) is 19.1 Å². The van der Waals surface area contributed by atoms with Gasteiger partial charge in [-0.25, -0.2) is 0 Å². The molecule has 0 aromatic heterocycles. The molecule has 7 nitrogen and oxygen atoms in total. The molecule has 0 unspecified atom stereocenters. The summed E-state index contributed by atoms with van der Waals surface area (Å²) in [6, 6.07) is 12.0. The van der Waals surface area contributed by atoms with Gasteiger partial charge in [-0.3, -0.25) is 25.2 Å². The summed E-state index contributed by atoms with van der Waals surface area (Å²) in [5, 5.41) is 2.69. The Hall–Kier alpha value is -2.87. The lowest BCUT2D eigenvalue weighted by Crippen LogP contribution is -2.43. The summed E-state index contributed by atoms with van der Waals surface area (Å²) in [6.45, 7) is 3.56. The third-order valence-electron chi connectivity index (χ3n) is 3.83. The number of carbonyl (C=O) groups excluding carboxylic acids is 3. The van der Waals surface area contributed by atoms with Gasteiger partial charge in [-0.1, -0.05) is 19.9 Å². The molecule has 0 radical (unpaired) electrons. The van der Waals surface area contributed by atoms with Crippen LogP contribution in [0.5, 0.6) is 5.75 Å². The van der Waals surface area contributed by atoms with Crippen molar-refractivity contribution in [2.45, 2.75) is 26.7 Å². The van der Waals surface area contributed by atoms with E-state index in [0.29, 0.717) is 23.4 Å². The SMILES string of the molecule is CCC(=O)Nc1ccc(C(=O)NNC(=O)COc2ccc(CC)cc2Br)cc1. The Morgan fingerprint density at radius 2 is 1.68 bits per heavy atom. The highest BCUT2D eigenvalue weighted by atomic mass is 79.9. The molecule has 0 fully saturated rings. The summed E-state index contributed by atoms with van der Waals surface area (Å²) in [5.41, 5.74) is 6.71. The van der Waals surface area contributed by atoms with Gasteiger partial charge in [0.05, 0.1) is 4.47 Å². The number of anilines is 1. The summed E-state index contributed by atoms with van der Waals surface area (Å²) >= 11 is 3.40. The number of nitrogens with one attached hydrogen (secondary N) is 3. The lowest BCUT2D eigenvalue weighted by Gasteiger charge is -2.11. The molecule has 0 saturated carbocycles. The number of halogens is 1. The Morgan fingerprint density at radius 1 is 0.964 bits per heavy atom. The number of hydrogen-bond donors (Lipinski definition) is 3. The van der Waals surface area contributed by atoms with Crippen LogP contribution in [0.25, 0.3) is 0 Å². The summed E-state index contributed by atoms with van der Waals surface area (Å²) in [4.78, 5) is 35.3. The van der Waals surface area contributed by atoms with Crippen molar-refractivity contribution in [1.82, 2.24) is 10.9 Å². The number of hydrazine groups is 1. The molecule has 28 heavy (non-hydrogen) atoms. The quantitative estimate of drug-likeness (QED) is 0.567. The van der Waals surface area contributed by atoms with Crippen LogP contribution in [-0.2, 0) is 16.0 Å². The minimum absolute atomic E-state index is 0.111. The van der Waals surface area contributed by atoms with Gasteiger partial charge >= 0.3 is 0 Å². The first-order valence-electron chi connectivity index (χ1n) is 8.83. The fourth-order valence-corrected chi connectivity index (χ4v) is 2.75. The average Bonchev–Trinajstić information content (AvgIpc) is 2.71. The van der Waals surface area contributed by atoms with Crippen LogP contribution in [0, 0.1) is 0 Å². The van der Waals surface area contributed by atoms with Crippen molar-refractivity contribution >= 4 is 39.3 Å². The second kappa shape index (κ2) is 10.5. The normalized spacial score (nSPS) is 10.1. The van der Waals surface area contributed by atoms with Crippen LogP contribution < -0.4 is 20.9 Å². The lowest BCUT2D eigenvalue weighted by atomic mass is 10.2. The molecular formula is C20H22BrN3O4. The second-order valence-corrected chi connectivity index (χ2v) is 6.74. The van der Waals surface area contributed by atoms with E-state index < -0.39 is 11.8 Å². The van der Waals surface area contributed by atoms with Crippen molar-refractivity contribution in [3.05, 3.63) is 58.1 Å². The predicted octanol–water partition coefficient (Wildman–Crippen LogP) is 3.20.